The van der Waals surface area contributed by atoms with E-state index in [1.807, 2.05) is 37.3 Å². The zero-order chi connectivity index (χ0) is 17.3. The Morgan fingerprint density at radius 2 is 1.83 bits per heavy atom. The minimum absolute atomic E-state index is 0.0784. The number of nitrogens with zero attached hydrogens (tertiary/aromatic N) is 1. The number of anilines is 1. The summed E-state index contributed by atoms with van der Waals surface area (Å²) in [5.74, 6) is -0.0784. The summed E-state index contributed by atoms with van der Waals surface area (Å²) in [7, 11) is 0. The van der Waals surface area contributed by atoms with E-state index in [9.17, 15) is 9.90 Å². The van der Waals surface area contributed by atoms with Crippen LogP contribution in [-0.4, -0.2) is 24.0 Å². The smallest absolute Gasteiger partial charge is 0.192 e. The number of Topliss-reactive ketones (excluding diaryl/α,β-unsaturated/α-hetero) is 1. The highest BCUT2D eigenvalue weighted by Gasteiger charge is 2.32. The number of hydrogen-bond acceptors (Lipinski definition) is 3. The van der Waals surface area contributed by atoms with E-state index >= 15 is 0 Å². The number of ketones is 1. The normalized spacial score (nSPS) is 18.1. The van der Waals surface area contributed by atoms with Crippen molar-refractivity contribution in [2.75, 3.05) is 18.0 Å². The molecule has 3 heteroatoms. The van der Waals surface area contributed by atoms with Crippen LogP contribution in [0.25, 0.3) is 6.08 Å². The predicted molar refractivity (Wildman–Crippen MR) is 98.4 cm³/mol. The molecule has 1 atom stereocenters. The molecule has 1 N–H and O–H groups in total. The average molecular weight is 321 g/mol. The third-order valence-electron chi connectivity index (χ3n) is 4.75. The minimum atomic E-state index is -0.837. The molecule has 3 rings (SSSR count). The maximum Gasteiger partial charge on any atom is 0.192 e. The molecule has 0 amide bonds. The van der Waals surface area contributed by atoms with Crippen LogP contribution in [0.4, 0.5) is 5.69 Å². The Labute approximate surface area is 143 Å². The lowest BCUT2D eigenvalue weighted by molar-refractivity contribution is 0.102. The molecule has 2 aromatic rings. The van der Waals surface area contributed by atoms with Gasteiger partial charge in [0.2, 0.25) is 0 Å². The maximum atomic E-state index is 12.6. The van der Waals surface area contributed by atoms with Crippen molar-refractivity contribution in [3.8, 4) is 0 Å². The summed E-state index contributed by atoms with van der Waals surface area (Å²) in [4.78, 5) is 14.8. The summed E-state index contributed by atoms with van der Waals surface area (Å²) < 4.78 is 0. The third kappa shape index (κ3) is 2.76. The molecule has 0 saturated carbocycles. The van der Waals surface area contributed by atoms with Crippen LogP contribution in [0, 0.1) is 6.92 Å². The Hall–Kier alpha value is -2.39. The number of fused-ring (bicyclic) bond motifs is 1. The number of carbonyl (C=O) groups is 1. The van der Waals surface area contributed by atoms with Gasteiger partial charge in [-0.25, -0.2) is 0 Å². The highest BCUT2D eigenvalue weighted by Crippen LogP contribution is 2.37. The van der Waals surface area contributed by atoms with Gasteiger partial charge in [0.1, 0.15) is 6.10 Å². The van der Waals surface area contributed by atoms with E-state index in [0.29, 0.717) is 16.7 Å². The molecular weight excluding hydrogens is 298 g/mol. The number of benzene rings is 2. The van der Waals surface area contributed by atoms with Crippen molar-refractivity contribution in [3.05, 3.63) is 70.3 Å². The minimum Gasteiger partial charge on any atom is -0.383 e. The van der Waals surface area contributed by atoms with Crippen molar-refractivity contribution in [2.45, 2.75) is 26.9 Å². The van der Waals surface area contributed by atoms with E-state index in [-0.39, 0.29) is 5.78 Å². The van der Waals surface area contributed by atoms with Crippen molar-refractivity contribution in [2.24, 2.45) is 0 Å². The fraction of sp³-hybridized carbons (Fsp3) is 0.286. The highest BCUT2D eigenvalue weighted by atomic mass is 16.3. The number of hydrogen-bond donors (Lipinski definition) is 1. The molecule has 24 heavy (non-hydrogen) atoms. The molecule has 0 spiro atoms. The molecule has 2 aromatic carbocycles. The first kappa shape index (κ1) is 16.5. The molecule has 0 bridgehead atoms. The van der Waals surface area contributed by atoms with Gasteiger partial charge < -0.3 is 10.0 Å². The Balaban J connectivity index is 1.97. The molecule has 124 valence electrons. The average Bonchev–Trinajstić information content (AvgIpc) is 2.83. The summed E-state index contributed by atoms with van der Waals surface area (Å²) in [5, 5.41) is 10.5. The van der Waals surface area contributed by atoms with Crippen LogP contribution in [0.5, 0.6) is 0 Å². The van der Waals surface area contributed by atoms with Crippen LogP contribution >= 0.6 is 0 Å². The summed E-state index contributed by atoms with van der Waals surface area (Å²) in [6.07, 6.45) is 0.990. The van der Waals surface area contributed by atoms with Crippen LogP contribution in [-0.2, 0) is 0 Å². The van der Waals surface area contributed by atoms with Gasteiger partial charge >= 0.3 is 0 Å². The van der Waals surface area contributed by atoms with E-state index in [1.54, 1.807) is 6.07 Å². The standard InChI is InChI=1S/C21H23NO2/c1-4-22(5-2)16-11-10-15(14(3)12-16)13-19-20(23)17-8-6-7-9-18(17)21(19)24/h6-13,20,23H,4-5H2,1-3H3. The van der Waals surface area contributed by atoms with Crippen LogP contribution in [0.1, 0.15) is 47.0 Å². The van der Waals surface area contributed by atoms with Gasteiger partial charge in [0.25, 0.3) is 0 Å². The molecule has 0 aromatic heterocycles. The lowest BCUT2D eigenvalue weighted by atomic mass is 10.0. The summed E-state index contributed by atoms with van der Waals surface area (Å²) in [6.45, 7) is 8.24. The van der Waals surface area contributed by atoms with Crippen LogP contribution in [0.15, 0.2) is 48.0 Å². The zero-order valence-electron chi connectivity index (χ0n) is 14.4. The van der Waals surface area contributed by atoms with Crippen LogP contribution in [0.3, 0.4) is 0 Å². The summed E-state index contributed by atoms with van der Waals surface area (Å²) >= 11 is 0. The number of aryl methyl sites for hydroxylation is 1. The van der Waals surface area contributed by atoms with E-state index in [0.717, 1.165) is 24.2 Å². The first-order chi connectivity index (χ1) is 11.6. The van der Waals surface area contributed by atoms with Gasteiger partial charge in [0, 0.05) is 29.9 Å². The maximum absolute atomic E-state index is 12.6. The lowest BCUT2D eigenvalue weighted by Crippen LogP contribution is -2.21. The van der Waals surface area contributed by atoms with E-state index in [4.69, 9.17) is 0 Å². The summed E-state index contributed by atoms with van der Waals surface area (Å²) in [6, 6.07) is 13.5. The van der Waals surface area contributed by atoms with E-state index in [1.165, 1.54) is 5.69 Å². The zero-order valence-corrected chi connectivity index (χ0v) is 14.4. The molecular formula is C21H23NO2. The Kier molecular flexibility index (Phi) is 4.54. The molecule has 0 radical (unpaired) electrons. The second-order valence-electron chi connectivity index (χ2n) is 6.13. The molecule has 0 fully saturated rings. The van der Waals surface area contributed by atoms with Gasteiger partial charge in [-0.05, 0) is 55.7 Å². The number of carbonyl (C=O) groups excluding carboxylic acids is 1. The number of aliphatic hydroxyl groups excluding tert-OH is 1. The van der Waals surface area contributed by atoms with E-state index in [2.05, 4.69) is 30.9 Å². The van der Waals surface area contributed by atoms with Crippen molar-refractivity contribution in [1.82, 2.24) is 0 Å². The number of aliphatic hydroxyl groups is 1. The Morgan fingerprint density at radius 1 is 1.12 bits per heavy atom. The lowest BCUT2D eigenvalue weighted by Gasteiger charge is -2.22. The largest absolute Gasteiger partial charge is 0.383 e. The molecule has 3 nitrogen and oxygen atoms in total. The second-order valence-corrected chi connectivity index (χ2v) is 6.13. The van der Waals surface area contributed by atoms with Gasteiger partial charge in [0.15, 0.2) is 5.78 Å². The fourth-order valence-corrected chi connectivity index (χ4v) is 3.31. The summed E-state index contributed by atoms with van der Waals surface area (Å²) in [5.41, 5.74) is 5.01. The van der Waals surface area contributed by atoms with Crippen LogP contribution in [0.2, 0.25) is 0 Å². The fourth-order valence-electron chi connectivity index (χ4n) is 3.31. The molecule has 0 saturated heterocycles. The SMILES string of the molecule is CCN(CC)c1ccc(C=C2C(=O)c3ccccc3C2O)c(C)c1. The Bertz CT molecular complexity index is 803. The highest BCUT2D eigenvalue weighted by molar-refractivity contribution is 6.16. The van der Waals surface area contributed by atoms with Gasteiger partial charge in [-0.1, -0.05) is 30.3 Å². The van der Waals surface area contributed by atoms with Crippen LogP contribution < -0.4 is 4.90 Å². The molecule has 1 aliphatic carbocycles. The van der Waals surface area contributed by atoms with Crippen molar-refractivity contribution < 1.29 is 9.90 Å². The van der Waals surface area contributed by atoms with Gasteiger partial charge in [0.05, 0.1) is 0 Å². The predicted octanol–water partition coefficient (Wildman–Crippen LogP) is 4.15. The molecule has 0 heterocycles. The first-order valence-electron chi connectivity index (χ1n) is 8.45. The van der Waals surface area contributed by atoms with Gasteiger partial charge in [-0.2, -0.15) is 0 Å². The molecule has 0 aliphatic heterocycles. The van der Waals surface area contributed by atoms with Crippen molar-refractivity contribution in [1.29, 1.82) is 0 Å². The second kappa shape index (κ2) is 6.62. The first-order valence-corrected chi connectivity index (χ1v) is 8.45. The van der Waals surface area contributed by atoms with Gasteiger partial charge in [-0.3, -0.25) is 4.79 Å². The van der Waals surface area contributed by atoms with Gasteiger partial charge in [-0.15, -0.1) is 0 Å². The topological polar surface area (TPSA) is 40.5 Å². The van der Waals surface area contributed by atoms with Crippen molar-refractivity contribution >= 4 is 17.5 Å². The van der Waals surface area contributed by atoms with Crippen molar-refractivity contribution in [3.63, 3.8) is 0 Å². The third-order valence-corrected chi connectivity index (χ3v) is 4.75. The molecule has 1 unspecified atom stereocenters. The molecule has 1 aliphatic rings. The van der Waals surface area contributed by atoms with E-state index < -0.39 is 6.10 Å². The number of rotatable bonds is 4. The Morgan fingerprint density at radius 3 is 2.46 bits per heavy atom. The quantitative estimate of drug-likeness (QED) is 0.860. The monoisotopic (exact) mass is 321 g/mol.